The van der Waals surface area contributed by atoms with Crippen LogP contribution in [0.1, 0.15) is 32.8 Å². The van der Waals surface area contributed by atoms with E-state index in [2.05, 4.69) is 5.32 Å². The van der Waals surface area contributed by atoms with Gasteiger partial charge in [0, 0.05) is 22.9 Å². The van der Waals surface area contributed by atoms with Crippen LogP contribution in [0.4, 0.5) is 0 Å². The second kappa shape index (κ2) is 8.74. The Balaban J connectivity index is 2.68. The minimum atomic E-state index is -1.26. The molecular formula is C15H23NO3S. The number of ether oxygens (including phenoxy) is 1. The average Bonchev–Trinajstić information content (AvgIpc) is 2.46. The summed E-state index contributed by atoms with van der Waals surface area (Å²) in [6.07, 6.45) is 0.873. The standard InChI is InChI=1S/C15H23NO3S/c1-4-10-16-15(17)12(3)20(18)11-13-8-6-7-9-14(13)19-5-2/h6-9,12H,4-5,10-11H2,1-3H3,(H,16,17). The van der Waals surface area contributed by atoms with Crippen LogP contribution in [0.25, 0.3) is 0 Å². The number of benzene rings is 1. The van der Waals surface area contributed by atoms with Crippen LogP contribution >= 0.6 is 0 Å². The Morgan fingerprint density at radius 2 is 2.05 bits per heavy atom. The average molecular weight is 297 g/mol. The molecule has 0 radical (unpaired) electrons. The van der Waals surface area contributed by atoms with Crippen LogP contribution in [-0.2, 0) is 21.3 Å². The quantitative estimate of drug-likeness (QED) is 0.800. The lowest BCUT2D eigenvalue weighted by atomic mass is 10.2. The Morgan fingerprint density at radius 3 is 2.70 bits per heavy atom. The van der Waals surface area contributed by atoms with Crippen molar-refractivity contribution in [3.8, 4) is 5.75 Å². The highest BCUT2D eigenvalue weighted by atomic mass is 32.2. The minimum absolute atomic E-state index is 0.154. The zero-order chi connectivity index (χ0) is 15.0. The summed E-state index contributed by atoms with van der Waals surface area (Å²) in [7, 11) is -1.26. The summed E-state index contributed by atoms with van der Waals surface area (Å²) >= 11 is 0. The number of nitrogens with one attached hydrogen (secondary N) is 1. The number of rotatable bonds is 8. The number of amides is 1. The van der Waals surface area contributed by atoms with Crippen LogP contribution in [0, 0.1) is 0 Å². The predicted molar refractivity (Wildman–Crippen MR) is 82.2 cm³/mol. The van der Waals surface area contributed by atoms with E-state index in [-0.39, 0.29) is 5.91 Å². The predicted octanol–water partition coefficient (Wildman–Crippen LogP) is 2.25. The molecule has 112 valence electrons. The highest BCUT2D eigenvalue weighted by molar-refractivity contribution is 7.85. The van der Waals surface area contributed by atoms with Gasteiger partial charge in [-0.1, -0.05) is 25.1 Å². The molecule has 0 fully saturated rings. The number of carbonyl (C=O) groups excluding carboxylic acids is 1. The number of hydrogen-bond acceptors (Lipinski definition) is 3. The molecule has 4 nitrogen and oxygen atoms in total. The fourth-order valence-corrected chi connectivity index (χ4v) is 2.83. The SMILES string of the molecule is CCCNC(=O)C(C)S(=O)Cc1ccccc1OCC. The summed E-state index contributed by atoms with van der Waals surface area (Å²) < 4.78 is 17.8. The third kappa shape index (κ3) is 4.96. The topological polar surface area (TPSA) is 55.4 Å². The maximum Gasteiger partial charge on any atom is 0.235 e. The van der Waals surface area contributed by atoms with E-state index < -0.39 is 16.0 Å². The van der Waals surface area contributed by atoms with Crippen molar-refractivity contribution in [2.75, 3.05) is 13.2 Å². The van der Waals surface area contributed by atoms with Gasteiger partial charge in [-0.15, -0.1) is 0 Å². The van der Waals surface area contributed by atoms with E-state index in [0.717, 1.165) is 17.7 Å². The molecular weight excluding hydrogens is 274 g/mol. The van der Waals surface area contributed by atoms with E-state index in [0.29, 0.717) is 18.9 Å². The summed E-state index contributed by atoms with van der Waals surface area (Å²) in [4.78, 5) is 11.8. The molecule has 1 aromatic carbocycles. The first-order valence-corrected chi connectivity index (χ1v) is 8.33. The zero-order valence-corrected chi connectivity index (χ0v) is 13.2. The molecule has 0 saturated carbocycles. The van der Waals surface area contributed by atoms with Crippen LogP contribution in [0.5, 0.6) is 5.75 Å². The molecule has 2 atom stereocenters. The van der Waals surface area contributed by atoms with Crippen LogP contribution < -0.4 is 10.1 Å². The first kappa shape index (κ1) is 16.7. The molecule has 20 heavy (non-hydrogen) atoms. The van der Waals surface area contributed by atoms with Gasteiger partial charge in [-0.25, -0.2) is 0 Å². The molecule has 0 aliphatic carbocycles. The summed E-state index contributed by atoms with van der Waals surface area (Å²) in [5.74, 6) is 0.917. The molecule has 1 N–H and O–H groups in total. The first-order chi connectivity index (χ1) is 9.60. The molecule has 0 spiro atoms. The van der Waals surface area contributed by atoms with E-state index in [9.17, 15) is 9.00 Å². The second-order valence-corrected chi connectivity index (χ2v) is 6.26. The van der Waals surface area contributed by atoms with Crippen LogP contribution in [0.2, 0.25) is 0 Å². The van der Waals surface area contributed by atoms with Gasteiger partial charge in [0.1, 0.15) is 11.0 Å². The van der Waals surface area contributed by atoms with Gasteiger partial charge in [0.15, 0.2) is 0 Å². The van der Waals surface area contributed by atoms with Crippen LogP contribution in [-0.4, -0.2) is 28.5 Å². The van der Waals surface area contributed by atoms with Crippen molar-refractivity contribution in [3.63, 3.8) is 0 Å². The van der Waals surface area contributed by atoms with Gasteiger partial charge < -0.3 is 10.1 Å². The molecule has 0 heterocycles. The molecule has 0 aliphatic heterocycles. The smallest absolute Gasteiger partial charge is 0.235 e. The Morgan fingerprint density at radius 1 is 1.35 bits per heavy atom. The maximum atomic E-state index is 12.3. The lowest BCUT2D eigenvalue weighted by Gasteiger charge is -2.14. The van der Waals surface area contributed by atoms with Crippen LogP contribution in [0.3, 0.4) is 0 Å². The second-order valence-electron chi connectivity index (χ2n) is 4.50. The highest BCUT2D eigenvalue weighted by Crippen LogP contribution is 2.20. The molecule has 5 heteroatoms. The third-order valence-electron chi connectivity index (χ3n) is 2.88. The number of hydrogen-bond donors (Lipinski definition) is 1. The Kier molecular flexibility index (Phi) is 7.30. The summed E-state index contributed by atoms with van der Waals surface area (Å²) in [5.41, 5.74) is 0.878. The zero-order valence-electron chi connectivity index (χ0n) is 12.3. The highest BCUT2D eigenvalue weighted by Gasteiger charge is 2.20. The minimum Gasteiger partial charge on any atom is -0.494 e. The summed E-state index contributed by atoms with van der Waals surface area (Å²) in [6.45, 7) is 6.78. The number of carbonyl (C=O) groups is 1. The van der Waals surface area contributed by atoms with Crippen molar-refractivity contribution < 1.29 is 13.7 Å². The van der Waals surface area contributed by atoms with Gasteiger partial charge in [-0.2, -0.15) is 0 Å². The molecule has 0 saturated heterocycles. The molecule has 0 aliphatic rings. The van der Waals surface area contributed by atoms with Gasteiger partial charge in [-0.3, -0.25) is 9.00 Å². The molecule has 0 bridgehead atoms. The van der Waals surface area contributed by atoms with E-state index >= 15 is 0 Å². The van der Waals surface area contributed by atoms with Gasteiger partial charge in [0.25, 0.3) is 0 Å². The van der Waals surface area contributed by atoms with Gasteiger partial charge in [0.2, 0.25) is 5.91 Å². The van der Waals surface area contributed by atoms with Crippen molar-refractivity contribution in [2.24, 2.45) is 0 Å². The van der Waals surface area contributed by atoms with Gasteiger partial charge >= 0.3 is 0 Å². The van der Waals surface area contributed by atoms with E-state index in [1.165, 1.54) is 0 Å². The Hall–Kier alpha value is -1.36. The fraction of sp³-hybridized carbons (Fsp3) is 0.533. The fourth-order valence-electron chi connectivity index (χ4n) is 1.71. The lowest BCUT2D eigenvalue weighted by molar-refractivity contribution is -0.120. The monoisotopic (exact) mass is 297 g/mol. The molecule has 1 amide bonds. The van der Waals surface area contributed by atoms with Crippen molar-refractivity contribution >= 4 is 16.7 Å². The molecule has 2 unspecified atom stereocenters. The summed E-state index contributed by atoms with van der Waals surface area (Å²) in [5, 5.41) is 2.26. The Bertz CT molecular complexity index is 462. The Labute approximate surface area is 123 Å². The van der Waals surface area contributed by atoms with E-state index in [1.807, 2.05) is 38.1 Å². The van der Waals surface area contributed by atoms with Gasteiger partial charge in [0.05, 0.1) is 12.4 Å². The molecule has 0 aromatic heterocycles. The van der Waals surface area contributed by atoms with Gasteiger partial charge in [-0.05, 0) is 26.3 Å². The maximum absolute atomic E-state index is 12.3. The third-order valence-corrected chi connectivity index (χ3v) is 4.48. The van der Waals surface area contributed by atoms with E-state index in [4.69, 9.17) is 4.74 Å². The van der Waals surface area contributed by atoms with E-state index in [1.54, 1.807) is 6.92 Å². The van der Waals surface area contributed by atoms with Crippen molar-refractivity contribution in [1.29, 1.82) is 0 Å². The number of para-hydroxylation sites is 1. The largest absolute Gasteiger partial charge is 0.494 e. The molecule has 1 rings (SSSR count). The summed E-state index contributed by atoms with van der Waals surface area (Å²) in [6, 6.07) is 7.52. The van der Waals surface area contributed by atoms with Crippen molar-refractivity contribution in [2.45, 2.75) is 38.2 Å². The normalized spacial score (nSPS) is 13.6. The van der Waals surface area contributed by atoms with Crippen molar-refractivity contribution in [1.82, 2.24) is 5.32 Å². The van der Waals surface area contributed by atoms with Crippen LogP contribution in [0.15, 0.2) is 24.3 Å². The van der Waals surface area contributed by atoms with Crippen molar-refractivity contribution in [3.05, 3.63) is 29.8 Å². The lowest BCUT2D eigenvalue weighted by Crippen LogP contribution is -2.36. The first-order valence-electron chi connectivity index (χ1n) is 6.95. The molecule has 1 aromatic rings.